The molecule has 4 radical (unpaired) electrons. The SMILES string of the molecule is [CH2]C(=C)C[C](CC([CH2])=C)CC([CH2])=C. The molecule has 0 aromatic heterocycles. The van der Waals surface area contributed by atoms with E-state index >= 15 is 0 Å². The molecule has 0 atom stereocenters. The molecule has 0 saturated carbocycles. The van der Waals surface area contributed by atoms with Crippen LogP contribution < -0.4 is 0 Å². The molecule has 0 aliphatic carbocycles. The van der Waals surface area contributed by atoms with Crippen molar-refractivity contribution in [2.45, 2.75) is 19.3 Å². The van der Waals surface area contributed by atoms with Crippen molar-refractivity contribution >= 4 is 0 Å². The van der Waals surface area contributed by atoms with E-state index in [2.05, 4.69) is 40.5 Å². The maximum atomic E-state index is 3.78. The molecular weight excluding hydrogens is 156 g/mol. The number of rotatable bonds is 6. The van der Waals surface area contributed by atoms with E-state index in [4.69, 9.17) is 0 Å². The van der Waals surface area contributed by atoms with Gasteiger partial charge in [0.1, 0.15) is 0 Å². The average Bonchev–Trinajstić information content (AvgIpc) is 1.80. The summed E-state index contributed by atoms with van der Waals surface area (Å²) in [6.07, 6.45) is 2.47. The fraction of sp³-hybridized carbons (Fsp3) is 0.231. The molecule has 0 fully saturated rings. The van der Waals surface area contributed by atoms with E-state index in [1.807, 2.05) is 0 Å². The number of hydrogen-bond donors (Lipinski definition) is 0. The Morgan fingerprint density at radius 2 is 0.846 bits per heavy atom. The molecule has 0 heteroatoms. The summed E-state index contributed by atoms with van der Waals surface area (Å²) >= 11 is 0. The third-order valence-corrected chi connectivity index (χ3v) is 1.50. The minimum atomic E-state index is 0.822. The van der Waals surface area contributed by atoms with Gasteiger partial charge in [0.2, 0.25) is 0 Å². The Morgan fingerprint density at radius 1 is 0.615 bits per heavy atom. The Balaban J connectivity index is 4.10. The van der Waals surface area contributed by atoms with E-state index in [0.29, 0.717) is 0 Å². The lowest BCUT2D eigenvalue weighted by atomic mass is 9.89. The Bertz CT molecular complexity index is 170. The summed E-state index contributed by atoms with van der Waals surface area (Å²) in [7, 11) is 0. The van der Waals surface area contributed by atoms with Gasteiger partial charge in [-0.05, 0) is 46.0 Å². The maximum absolute atomic E-state index is 3.78. The molecule has 0 N–H and O–H groups in total. The second-order valence-corrected chi connectivity index (χ2v) is 3.53. The Hall–Kier alpha value is -0.780. The molecular formula is C13H18. The van der Waals surface area contributed by atoms with Gasteiger partial charge in [0.15, 0.2) is 0 Å². The molecule has 0 bridgehead atoms. The highest BCUT2D eigenvalue weighted by Gasteiger charge is 2.09. The first-order valence-corrected chi connectivity index (χ1v) is 4.24. The van der Waals surface area contributed by atoms with Gasteiger partial charge in [-0.3, -0.25) is 0 Å². The molecule has 0 spiro atoms. The summed E-state index contributed by atoms with van der Waals surface area (Å²) in [6.45, 7) is 22.7. The second-order valence-electron chi connectivity index (χ2n) is 3.53. The predicted molar refractivity (Wildman–Crippen MR) is 60.6 cm³/mol. The van der Waals surface area contributed by atoms with Crippen LogP contribution in [0, 0.1) is 26.7 Å². The quantitative estimate of drug-likeness (QED) is 0.573. The summed E-state index contributed by atoms with van der Waals surface area (Å²) in [4.78, 5) is 0. The van der Waals surface area contributed by atoms with Crippen LogP contribution in [0.4, 0.5) is 0 Å². The minimum Gasteiger partial charge on any atom is -0.0998 e. The molecule has 0 aromatic rings. The van der Waals surface area contributed by atoms with Crippen LogP contribution in [0.15, 0.2) is 36.5 Å². The molecule has 0 aliphatic heterocycles. The van der Waals surface area contributed by atoms with Crippen LogP contribution in [-0.2, 0) is 0 Å². The molecule has 0 heterocycles. The first kappa shape index (κ1) is 12.2. The van der Waals surface area contributed by atoms with Gasteiger partial charge in [0, 0.05) is 0 Å². The zero-order valence-corrected chi connectivity index (χ0v) is 8.36. The van der Waals surface area contributed by atoms with E-state index < -0.39 is 0 Å². The van der Waals surface area contributed by atoms with Gasteiger partial charge in [-0.1, -0.05) is 36.5 Å². The van der Waals surface area contributed by atoms with Gasteiger partial charge < -0.3 is 0 Å². The Kier molecular flexibility index (Phi) is 5.45. The third-order valence-electron chi connectivity index (χ3n) is 1.50. The smallest absolute Gasteiger partial charge is 0.0121 e. The fourth-order valence-corrected chi connectivity index (χ4v) is 1.25. The first-order chi connectivity index (χ1) is 5.91. The van der Waals surface area contributed by atoms with E-state index in [-0.39, 0.29) is 0 Å². The van der Waals surface area contributed by atoms with Crippen molar-refractivity contribution in [1.29, 1.82) is 0 Å². The standard InChI is InChI=1S/C13H18/c1-10(2)7-13(8-11(3)4)9-12(5)6/h1-9H2. The summed E-state index contributed by atoms with van der Waals surface area (Å²) in [5.74, 6) is 1.29. The van der Waals surface area contributed by atoms with E-state index in [0.717, 1.165) is 36.0 Å². The molecule has 0 nitrogen and oxygen atoms in total. The minimum absolute atomic E-state index is 0.822. The number of hydrogen-bond acceptors (Lipinski definition) is 0. The molecule has 0 unspecified atom stereocenters. The lowest BCUT2D eigenvalue weighted by molar-refractivity contribution is 0.803. The Morgan fingerprint density at radius 3 is 1.00 bits per heavy atom. The molecule has 0 aliphatic rings. The van der Waals surface area contributed by atoms with Crippen molar-refractivity contribution in [3.05, 3.63) is 63.1 Å². The largest absolute Gasteiger partial charge is 0.0998 e. The van der Waals surface area contributed by atoms with Crippen LogP contribution in [0.25, 0.3) is 0 Å². The van der Waals surface area contributed by atoms with Gasteiger partial charge in [0.05, 0.1) is 0 Å². The van der Waals surface area contributed by atoms with Crippen molar-refractivity contribution < 1.29 is 0 Å². The molecule has 0 rings (SSSR count). The molecule has 13 heavy (non-hydrogen) atoms. The number of allylic oxidation sites excluding steroid dienone is 3. The zero-order chi connectivity index (χ0) is 10.4. The summed E-state index contributed by atoms with van der Waals surface area (Å²) in [5.41, 5.74) is 2.74. The van der Waals surface area contributed by atoms with Crippen molar-refractivity contribution in [2.24, 2.45) is 0 Å². The van der Waals surface area contributed by atoms with Crippen LogP contribution in [-0.4, -0.2) is 0 Å². The normalized spacial score (nSPS) is 10.2. The second kappa shape index (κ2) is 5.80. The summed E-state index contributed by atoms with van der Waals surface area (Å²) < 4.78 is 0. The van der Waals surface area contributed by atoms with Crippen molar-refractivity contribution in [2.75, 3.05) is 0 Å². The van der Waals surface area contributed by atoms with Gasteiger partial charge >= 0.3 is 0 Å². The highest BCUT2D eigenvalue weighted by atomic mass is 14.1. The molecule has 0 aromatic carbocycles. The average molecular weight is 174 g/mol. The van der Waals surface area contributed by atoms with Crippen LogP contribution in [0.1, 0.15) is 19.3 Å². The van der Waals surface area contributed by atoms with Gasteiger partial charge in [-0.2, -0.15) is 0 Å². The van der Waals surface area contributed by atoms with Gasteiger partial charge in [-0.15, -0.1) is 0 Å². The highest BCUT2D eigenvalue weighted by molar-refractivity contribution is 5.20. The predicted octanol–water partition coefficient (Wildman–Crippen LogP) is 3.90. The van der Waals surface area contributed by atoms with Crippen molar-refractivity contribution in [3.63, 3.8) is 0 Å². The van der Waals surface area contributed by atoms with Crippen LogP contribution in [0.2, 0.25) is 0 Å². The topological polar surface area (TPSA) is 0 Å². The van der Waals surface area contributed by atoms with Crippen molar-refractivity contribution in [1.82, 2.24) is 0 Å². The lowest BCUT2D eigenvalue weighted by Gasteiger charge is -2.15. The monoisotopic (exact) mass is 174 g/mol. The molecule has 0 saturated heterocycles. The van der Waals surface area contributed by atoms with Gasteiger partial charge in [-0.25, -0.2) is 0 Å². The summed E-state index contributed by atoms with van der Waals surface area (Å²) in [5, 5.41) is 0. The lowest BCUT2D eigenvalue weighted by Crippen LogP contribution is -1.99. The zero-order valence-electron chi connectivity index (χ0n) is 8.36. The van der Waals surface area contributed by atoms with E-state index in [1.54, 1.807) is 0 Å². The van der Waals surface area contributed by atoms with E-state index in [9.17, 15) is 0 Å². The molecule has 0 amide bonds. The Labute approximate surface area is 83.0 Å². The van der Waals surface area contributed by atoms with Crippen molar-refractivity contribution in [3.8, 4) is 0 Å². The van der Waals surface area contributed by atoms with Crippen LogP contribution in [0.3, 0.4) is 0 Å². The molecule has 70 valence electrons. The van der Waals surface area contributed by atoms with E-state index in [1.165, 1.54) is 5.92 Å². The van der Waals surface area contributed by atoms with Crippen LogP contribution in [0.5, 0.6) is 0 Å². The fourth-order valence-electron chi connectivity index (χ4n) is 1.25. The van der Waals surface area contributed by atoms with Crippen LogP contribution >= 0.6 is 0 Å². The highest BCUT2D eigenvalue weighted by Crippen LogP contribution is 2.25. The van der Waals surface area contributed by atoms with Gasteiger partial charge in [0.25, 0.3) is 0 Å². The maximum Gasteiger partial charge on any atom is -0.0121 e. The summed E-state index contributed by atoms with van der Waals surface area (Å²) in [6, 6.07) is 0. The third kappa shape index (κ3) is 7.58. The first-order valence-electron chi connectivity index (χ1n) is 4.24.